The van der Waals surface area contributed by atoms with E-state index in [1.54, 1.807) is 0 Å². The first-order valence-electron chi connectivity index (χ1n) is 34.4. The molecule has 0 aromatic carbocycles. The van der Waals surface area contributed by atoms with Crippen molar-refractivity contribution < 1.29 is 37.3 Å². The Morgan fingerprint density at radius 2 is 0.744 bits per heavy atom. The van der Waals surface area contributed by atoms with Crippen molar-refractivity contribution >= 4 is 19.7 Å². The van der Waals surface area contributed by atoms with Crippen molar-refractivity contribution in [2.24, 2.45) is 0 Å². The molecule has 0 spiro atoms. The second kappa shape index (κ2) is 61.3. The summed E-state index contributed by atoms with van der Waals surface area (Å²) in [6.45, 7) is 6.96. The minimum Gasteiger partial charge on any atom is -0.456 e. The van der Waals surface area contributed by atoms with E-state index in [-0.39, 0.29) is 31.5 Å². The van der Waals surface area contributed by atoms with E-state index in [1.165, 1.54) is 180 Å². The Balaban J connectivity index is 5.08. The summed E-state index contributed by atoms with van der Waals surface area (Å²) < 4.78 is 30.8. The molecule has 0 radical (unpaired) electrons. The number of carbonyl (C=O) groups excluding carboxylic acids is 2. The van der Waals surface area contributed by atoms with Gasteiger partial charge in [0, 0.05) is 12.8 Å². The van der Waals surface area contributed by atoms with E-state index in [2.05, 4.69) is 99.0 Å². The summed E-state index contributed by atoms with van der Waals surface area (Å²) in [7, 11) is 1.48. The molecule has 0 heterocycles. The zero-order valence-electron chi connectivity index (χ0n) is 54.5. The highest BCUT2D eigenvalue weighted by molar-refractivity contribution is 7.47. The largest absolute Gasteiger partial charge is 0.472 e. The first-order valence-corrected chi connectivity index (χ1v) is 35.9. The molecule has 10 heteroatoms. The Morgan fingerprint density at radius 3 is 1.13 bits per heavy atom. The van der Waals surface area contributed by atoms with Gasteiger partial charge in [-0.3, -0.25) is 18.6 Å². The highest BCUT2D eigenvalue weighted by Crippen LogP contribution is 2.43. The number of phosphoric ester groups is 1. The smallest absolute Gasteiger partial charge is 0.456 e. The summed E-state index contributed by atoms with van der Waals surface area (Å²) in [6, 6.07) is -0.864. The van der Waals surface area contributed by atoms with Crippen molar-refractivity contribution in [1.29, 1.82) is 0 Å². The maximum atomic E-state index is 13.6. The molecule has 0 fully saturated rings. The monoisotopic (exact) mass is 1170 g/mol. The molecule has 82 heavy (non-hydrogen) atoms. The number of nitrogens with zero attached hydrogens (tertiary/aromatic N) is 1. The number of carbonyl (C=O) groups is 2. The number of hydrogen-bond acceptors (Lipinski definition) is 6. The summed E-state index contributed by atoms with van der Waals surface area (Å²) in [4.78, 5) is 37.8. The predicted molar refractivity (Wildman–Crippen MR) is 355 cm³/mol. The van der Waals surface area contributed by atoms with Crippen molar-refractivity contribution in [2.45, 2.75) is 322 Å². The Morgan fingerprint density at radius 1 is 0.427 bits per heavy atom. The fourth-order valence-corrected chi connectivity index (χ4v) is 10.5. The topological polar surface area (TPSA) is 111 Å². The van der Waals surface area contributed by atoms with Crippen molar-refractivity contribution in [3.8, 4) is 0 Å². The van der Waals surface area contributed by atoms with Crippen LogP contribution in [0.3, 0.4) is 0 Å². The Bertz CT molecular complexity index is 1680. The van der Waals surface area contributed by atoms with Crippen LogP contribution in [0.2, 0.25) is 0 Å². The number of rotatable bonds is 62. The third-order valence-electron chi connectivity index (χ3n) is 15.1. The van der Waals surface area contributed by atoms with Gasteiger partial charge in [0.15, 0.2) is 0 Å². The number of nitrogens with one attached hydrogen (secondary N) is 1. The van der Waals surface area contributed by atoms with Crippen molar-refractivity contribution in [2.75, 3.05) is 40.9 Å². The fraction of sp³-hybridized carbons (Fsp3) is 0.778. The van der Waals surface area contributed by atoms with E-state index in [9.17, 15) is 19.0 Å². The molecule has 0 aliphatic heterocycles. The minimum absolute atomic E-state index is 0.0333. The zero-order valence-corrected chi connectivity index (χ0v) is 55.4. The number of likely N-dealkylation sites (N-methyl/N-ethyl adjacent to an activating group) is 1. The van der Waals surface area contributed by atoms with Crippen molar-refractivity contribution in [1.82, 2.24) is 5.32 Å². The number of quaternary nitrogens is 1. The van der Waals surface area contributed by atoms with Crippen LogP contribution in [0.25, 0.3) is 0 Å². The third-order valence-corrected chi connectivity index (χ3v) is 16.0. The first kappa shape index (κ1) is 79.2. The molecular formula is C72H132N2O7P+. The molecule has 0 saturated heterocycles. The third kappa shape index (κ3) is 61.7. The molecule has 0 aromatic rings. The number of unbranched alkanes of at least 4 members (excludes halogenated alkanes) is 34. The normalized spacial score (nSPS) is 14.1. The molecule has 3 unspecified atom stereocenters. The van der Waals surface area contributed by atoms with E-state index in [4.69, 9.17) is 13.8 Å². The van der Waals surface area contributed by atoms with Gasteiger partial charge >= 0.3 is 13.8 Å². The summed E-state index contributed by atoms with van der Waals surface area (Å²) in [5, 5.41) is 3.05. The number of esters is 1. The first-order chi connectivity index (χ1) is 39.9. The lowest BCUT2D eigenvalue weighted by Gasteiger charge is -2.27. The second-order valence-electron chi connectivity index (χ2n) is 24.3. The Kier molecular flexibility index (Phi) is 59.2. The lowest BCUT2D eigenvalue weighted by Crippen LogP contribution is -2.47. The van der Waals surface area contributed by atoms with Crippen LogP contribution < -0.4 is 5.32 Å². The van der Waals surface area contributed by atoms with E-state index in [0.717, 1.165) is 96.3 Å². The maximum Gasteiger partial charge on any atom is 0.472 e. The molecule has 0 aromatic heterocycles. The summed E-state index contributed by atoms with van der Waals surface area (Å²) >= 11 is 0. The van der Waals surface area contributed by atoms with E-state index >= 15 is 0 Å². The van der Waals surface area contributed by atoms with Crippen LogP contribution in [0.15, 0.2) is 85.1 Å². The molecule has 9 nitrogen and oxygen atoms in total. The highest BCUT2D eigenvalue weighted by Gasteiger charge is 2.30. The number of allylic oxidation sites excluding steroid dienone is 13. The molecule has 2 N–H and O–H groups in total. The Hall–Kier alpha value is -2.81. The molecular weight excluding hydrogens is 1040 g/mol. The number of phosphoric acid groups is 1. The van der Waals surface area contributed by atoms with Gasteiger partial charge in [-0.15, -0.1) is 0 Å². The van der Waals surface area contributed by atoms with Crippen LogP contribution in [-0.2, 0) is 27.9 Å². The van der Waals surface area contributed by atoms with E-state index < -0.39 is 20.0 Å². The van der Waals surface area contributed by atoms with Gasteiger partial charge in [0.1, 0.15) is 19.3 Å². The van der Waals surface area contributed by atoms with Crippen LogP contribution >= 0.6 is 7.82 Å². The number of hydrogen-bond donors (Lipinski definition) is 2. The Labute approximate surface area is 507 Å². The van der Waals surface area contributed by atoms with Gasteiger partial charge < -0.3 is 19.4 Å². The van der Waals surface area contributed by atoms with Crippen LogP contribution in [0.5, 0.6) is 0 Å². The standard InChI is InChI=1S/C72H131N2O7P/c1-7-10-13-16-19-22-25-28-30-32-33-34-35-36-37-38-39-40-41-43-45-47-50-53-56-59-62-65-72(76)81-70(63-60-57-54-51-48-27-24-21-18-15-12-9-3)69(68-80-82(77,78)79-67-66-74(4,5)6)73-71(75)64-61-58-55-52-49-46-44-42-31-29-26-23-20-17-14-11-8-2/h19-20,22-23,28-31,33-34,44,46,60,63,69-70H,7-18,21,24-27,32,35-43,45,47-59,61-62,64-68H2,1-6H3,(H-,73,75,77,78)/p+1/b22-19-,23-20-,30-28-,31-29-,34-33-,46-44-,63-60-. The highest BCUT2D eigenvalue weighted by atomic mass is 31.2. The average Bonchev–Trinajstić information content (AvgIpc) is 3.44. The molecule has 0 aliphatic carbocycles. The predicted octanol–water partition coefficient (Wildman–Crippen LogP) is 21.7. The molecule has 0 rings (SSSR count). The van der Waals surface area contributed by atoms with Gasteiger partial charge in [0.2, 0.25) is 5.91 Å². The van der Waals surface area contributed by atoms with E-state index in [0.29, 0.717) is 17.4 Å². The quantitative estimate of drug-likeness (QED) is 0.0205. The molecule has 0 bridgehead atoms. The number of amides is 1. The SMILES string of the molecule is CCCCC/C=C\C/C=C\C/C=C\CCCCCCCCCCCCCCCCC(=O)OC(/C=C\CCCCCCCCCCCC)C(COP(=O)(O)OCC[N+](C)(C)C)NC(=O)CCCCCC/C=C\C/C=C\C/C=C\CCCCC. The lowest BCUT2D eigenvalue weighted by molar-refractivity contribution is -0.870. The lowest BCUT2D eigenvalue weighted by atomic mass is 10.0. The van der Waals surface area contributed by atoms with Crippen molar-refractivity contribution in [3.63, 3.8) is 0 Å². The zero-order chi connectivity index (χ0) is 60.0. The minimum atomic E-state index is -4.46. The van der Waals surface area contributed by atoms with Gasteiger partial charge in [0.05, 0.1) is 33.8 Å². The number of ether oxygens (including phenoxy) is 1. The molecule has 1 amide bonds. The van der Waals surface area contributed by atoms with Gasteiger partial charge in [-0.2, -0.15) is 0 Å². The van der Waals surface area contributed by atoms with Gasteiger partial charge in [-0.25, -0.2) is 4.57 Å². The van der Waals surface area contributed by atoms with Crippen LogP contribution in [-0.4, -0.2) is 74.3 Å². The van der Waals surface area contributed by atoms with Crippen LogP contribution in [0.4, 0.5) is 0 Å². The van der Waals surface area contributed by atoms with Gasteiger partial charge in [0.25, 0.3) is 0 Å². The summed E-state index contributed by atoms with van der Waals surface area (Å²) in [5.74, 6) is -0.526. The van der Waals surface area contributed by atoms with Crippen LogP contribution in [0.1, 0.15) is 310 Å². The summed E-state index contributed by atoms with van der Waals surface area (Å²) in [6.07, 6.45) is 81.6. The fourth-order valence-electron chi connectivity index (χ4n) is 9.72. The average molecular weight is 1170 g/mol. The van der Waals surface area contributed by atoms with E-state index in [1.807, 2.05) is 33.3 Å². The molecule has 0 aliphatic rings. The van der Waals surface area contributed by atoms with Gasteiger partial charge in [-0.1, -0.05) is 273 Å². The summed E-state index contributed by atoms with van der Waals surface area (Å²) in [5.41, 5.74) is 0. The van der Waals surface area contributed by atoms with Crippen LogP contribution in [0, 0.1) is 0 Å². The molecule has 476 valence electrons. The second-order valence-corrected chi connectivity index (χ2v) is 25.8. The van der Waals surface area contributed by atoms with Crippen molar-refractivity contribution in [3.05, 3.63) is 85.1 Å². The maximum absolute atomic E-state index is 13.6. The molecule has 3 atom stereocenters. The van der Waals surface area contributed by atoms with Gasteiger partial charge in [-0.05, 0) is 109 Å². The molecule has 0 saturated carbocycles.